The highest BCUT2D eigenvalue weighted by Gasteiger charge is 2.38. The fraction of sp³-hybridized carbons (Fsp3) is 1.00. The molecule has 102 valence electrons. The molecular formula is C15H32N2. The van der Waals surface area contributed by atoms with Crippen molar-refractivity contribution in [3.63, 3.8) is 0 Å². The summed E-state index contributed by atoms with van der Waals surface area (Å²) in [5.41, 5.74) is 6.66. The van der Waals surface area contributed by atoms with Gasteiger partial charge < -0.3 is 5.73 Å². The average Bonchev–Trinajstić information content (AvgIpc) is 2.97. The molecule has 0 aromatic carbocycles. The van der Waals surface area contributed by atoms with Gasteiger partial charge in [-0.2, -0.15) is 0 Å². The molecular weight excluding hydrogens is 208 g/mol. The van der Waals surface area contributed by atoms with Crippen LogP contribution < -0.4 is 5.73 Å². The van der Waals surface area contributed by atoms with Crippen molar-refractivity contribution in [1.82, 2.24) is 4.90 Å². The van der Waals surface area contributed by atoms with E-state index in [0.717, 1.165) is 12.3 Å². The van der Waals surface area contributed by atoms with Crippen molar-refractivity contribution in [2.24, 2.45) is 17.1 Å². The van der Waals surface area contributed by atoms with Gasteiger partial charge in [0.1, 0.15) is 0 Å². The van der Waals surface area contributed by atoms with Crippen molar-refractivity contribution < 1.29 is 0 Å². The molecule has 17 heavy (non-hydrogen) atoms. The Kier molecular flexibility index (Phi) is 5.03. The topological polar surface area (TPSA) is 29.3 Å². The van der Waals surface area contributed by atoms with Gasteiger partial charge in [0.25, 0.3) is 0 Å². The van der Waals surface area contributed by atoms with Gasteiger partial charge in [-0.05, 0) is 44.4 Å². The number of hydrogen-bond donors (Lipinski definition) is 1. The van der Waals surface area contributed by atoms with Gasteiger partial charge in [-0.1, -0.05) is 27.7 Å². The third-order valence-electron chi connectivity index (χ3n) is 3.95. The molecule has 1 rings (SSSR count). The zero-order chi connectivity index (χ0) is 13.2. The molecule has 1 saturated carbocycles. The van der Waals surface area contributed by atoms with Crippen LogP contribution in [0.2, 0.25) is 0 Å². The highest BCUT2D eigenvalue weighted by molar-refractivity contribution is 4.94. The van der Waals surface area contributed by atoms with E-state index in [1.54, 1.807) is 0 Å². The molecule has 1 aliphatic carbocycles. The van der Waals surface area contributed by atoms with E-state index in [1.807, 2.05) is 0 Å². The van der Waals surface area contributed by atoms with Crippen LogP contribution in [0.15, 0.2) is 0 Å². The van der Waals surface area contributed by atoms with E-state index >= 15 is 0 Å². The van der Waals surface area contributed by atoms with Crippen molar-refractivity contribution in [3.8, 4) is 0 Å². The molecule has 2 atom stereocenters. The quantitative estimate of drug-likeness (QED) is 0.772. The van der Waals surface area contributed by atoms with Crippen molar-refractivity contribution in [2.75, 3.05) is 6.54 Å². The minimum atomic E-state index is 0.259. The first-order valence-corrected chi connectivity index (χ1v) is 7.28. The lowest BCUT2D eigenvalue weighted by Gasteiger charge is -2.45. The van der Waals surface area contributed by atoms with Crippen LogP contribution in [0.1, 0.15) is 60.8 Å². The van der Waals surface area contributed by atoms with Gasteiger partial charge in [-0.25, -0.2) is 0 Å². The summed E-state index contributed by atoms with van der Waals surface area (Å²) >= 11 is 0. The molecule has 1 fully saturated rings. The smallest absolute Gasteiger partial charge is 0.0298 e. The SMILES string of the molecule is CCC(N)C(N(CC1CC1)C(C)C)C(C)(C)C. The van der Waals surface area contributed by atoms with E-state index in [2.05, 4.69) is 46.4 Å². The Bertz CT molecular complexity index is 226. The second-order valence-electron chi connectivity index (χ2n) is 7.12. The van der Waals surface area contributed by atoms with Crippen LogP contribution in [0.25, 0.3) is 0 Å². The zero-order valence-corrected chi connectivity index (χ0v) is 12.7. The molecule has 1 aliphatic rings. The van der Waals surface area contributed by atoms with Crippen LogP contribution in [-0.2, 0) is 0 Å². The molecule has 0 bridgehead atoms. The highest BCUT2D eigenvalue weighted by atomic mass is 15.2. The molecule has 2 nitrogen and oxygen atoms in total. The fourth-order valence-corrected chi connectivity index (χ4v) is 2.85. The molecule has 0 amide bonds. The average molecular weight is 240 g/mol. The number of nitrogens with two attached hydrogens (primary N) is 1. The van der Waals surface area contributed by atoms with E-state index in [4.69, 9.17) is 5.73 Å². The second-order valence-corrected chi connectivity index (χ2v) is 7.12. The molecule has 2 N–H and O–H groups in total. The van der Waals surface area contributed by atoms with Crippen molar-refractivity contribution >= 4 is 0 Å². The van der Waals surface area contributed by atoms with Gasteiger partial charge in [-0.15, -0.1) is 0 Å². The van der Waals surface area contributed by atoms with Gasteiger partial charge in [0.2, 0.25) is 0 Å². The summed E-state index contributed by atoms with van der Waals surface area (Å²) < 4.78 is 0. The van der Waals surface area contributed by atoms with Crippen LogP contribution in [0.5, 0.6) is 0 Å². The van der Waals surface area contributed by atoms with E-state index in [1.165, 1.54) is 19.4 Å². The van der Waals surface area contributed by atoms with Gasteiger partial charge in [0.05, 0.1) is 0 Å². The maximum atomic E-state index is 6.40. The normalized spacial score (nSPS) is 21.0. The first-order chi connectivity index (χ1) is 7.77. The predicted octanol–water partition coefficient (Wildman–Crippen LogP) is 3.26. The Morgan fingerprint density at radius 1 is 1.24 bits per heavy atom. The Labute approximate surface area is 108 Å². The van der Waals surface area contributed by atoms with Gasteiger partial charge in [-0.3, -0.25) is 4.90 Å². The van der Waals surface area contributed by atoms with Crippen molar-refractivity contribution in [3.05, 3.63) is 0 Å². The highest BCUT2D eigenvalue weighted by Crippen LogP contribution is 2.35. The lowest BCUT2D eigenvalue weighted by molar-refractivity contribution is 0.0465. The van der Waals surface area contributed by atoms with Crippen LogP contribution in [0, 0.1) is 11.3 Å². The van der Waals surface area contributed by atoms with Crippen molar-refractivity contribution in [2.45, 2.75) is 78.9 Å². The second kappa shape index (κ2) is 5.71. The van der Waals surface area contributed by atoms with Gasteiger partial charge in [0, 0.05) is 24.7 Å². The Hall–Kier alpha value is -0.0800. The third kappa shape index (κ3) is 4.26. The summed E-state index contributed by atoms with van der Waals surface area (Å²) in [6, 6.07) is 1.38. The summed E-state index contributed by atoms with van der Waals surface area (Å²) in [5.74, 6) is 0.936. The maximum absolute atomic E-state index is 6.40. The Morgan fingerprint density at radius 2 is 1.76 bits per heavy atom. The minimum absolute atomic E-state index is 0.259. The fourth-order valence-electron chi connectivity index (χ4n) is 2.85. The van der Waals surface area contributed by atoms with Crippen LogP contribution >= 0.6 is 0 Å². The first-order valence-electron chi connectivity index (χ1n) is 7.28. The predicted molar refractivity (Wildman–Crippen MR) is 76.1 cm³/mol. The van der Waals surface area contributed by atoms with E-state index in [-0.39, 0.29) is 11.5 Å². The van der Waals surface area contributed by atoms with Crippen LogP contribution in [0.4, 0.5) is 0 Å². The monoisotopic (exact) mass is 240 g/mol. The molecule has 0 saturated heterocycles. The molecule has 2 unspecified atom stereocenters. The Morgan fingerprint density at radius 3 is 2.06 bits per heavy atom. The molecule has 2 heteroatoms. The third-order valence-corrected chi connectivity index (χ3v) is 3.95. The summed E-state index contributed by atoms with van der Waals surface area (Å²) in [6.45, 7) is 15.1. The summed E-state index contributed by atoms with van der Waals surface area (Å²) in [4.78, 5) is 2.66. The molecule has 0 aliphatic heterocycles. The molecule has 0 heterocycles. The van der Waals surface area contributed by atoms with Crippen LogP contribution in [-0.4, -0.2) is 29.6 Å². The number of nitrogens with zero attached hydrogens (tertiary/aromatic N) is 1. The van der Waals surface area contributed by atoms with Crippen LogP contribution in [0.3, 0.4) is 0 Å². The summed E-state index contributed by atoms with van der Waals surface area (Å²) in [5, 5.41) is 0. The summed E-state index contributed by atoms with van der Waals surface area (Å²) in [6.07, 6.45) is 3.90. The number of rotatable bonds is 6. The standard InChI is InChI=1S/C15H32N2/c1-7-13(16)14(15(4,5)6)17(11(2)3)10-12-8-9-12/h11-14H,7-10,16H2,1-6H3. The maximum Gasteiger partial charge on any atom is 0.0298 e. The molecule has 0 aromatic heterocycles. The van der Waals surface area contributed by atoms with Gasteiger partial charge >= 0.3 is 0 Å². The minimum Gasteiger partial charge on any atom is -0.326 e. The molecule has 0 spiro atoms. The van der Waals surface area contributed by atoms with Crippen molar-refractivity contribution in [1.29, 1.82) is 0 Å². The van der Waals surface area contributed by atoms with E-state index in [0.29, 0.717) is 12.1 Å². The molecule has 0 radical (unpaired) electrons. The largest absolute Gasteiger partial charge is 0.326 e. The zero-order valence-electron chi connectivity index (χ0n) is 12.7. The lowest BCUT2D eigenvalue weighted by atomic mass is 9.79. The van der Waals surface area contributed by atoms with E-state index in [9.17, 15) is 0 Å². The summed E-state index contributed by atoms with van der Waals surface area (Å²) in [7, 11) is 0. The lowest BCUT2D eigenvalue weighted by Crippen LogP contribution is -2.57. The first kappa shape index (κ1) is 15.0. The van der Waals surface area contributed by atoms with Gasteiger partial charge in [0.15, 0.2) is 0 Å². The molecule has 0 aromatic rings. The number of hydrogen-bond acceptors (Lipinski definition) is 2. The Balaban J connectivity index is 2.82. The van der Waals surface area contributed by atoms with E-state index < -0.39 is 0 Å².